The number of carbonyl (C=O) groups is 1. The Kier molecular flexibility index (Phi) is 10.2. The summed E-state index contributed by atoms with van der Waals surface area (Å²) in [5, 5.41) is 0. The lowest BCUT2D eigenvalue weighted by Gasteiger charge is -1.99. The van der Waals surface area contributed by atoms with Gasteiger partial charge in [-0.3, -0.25) is 4.79 Å². The lowest BCUT2D eigenvalue weighted by Crippen LogP contribution is -1.81. The highest BCUT2D eigenvalue weighted by Crippen LogP contribution is 2.10. The Hall–Kier alpha value is -1.37. The molecule has 0 amide bonds. The summed E-state index contributed by atoms with van der Waals surface area (Å²) >= 11 is 0. The lowest BCUT2D eigenvalue weighted by atomic mass is 10.1. The molecule has 0 saturated heterocycles. The zero-order valence-corrected chi connectivity index (χ0v) is 11.3. The minimum absolute atomic E-state index is 0.745. The number of aldehydes is 1. The fraction of sp³-hybridized carbons (Fsp3) is 0.438. The molecule has 0 unspecified atom stereocenters. The van der Waals surface area contributed by atoms with Gasteiger partial charge in [0.25, 0.3) is 0 Å². The standard InChI is InChI=1S/C16H24O/c1-4-7-11-16(10-5-2)13-9-8-12-15(6-3)14-17/h5-6,8,10-12,14H,4,7,9,13H2,1-3H3/b10-5-,12-8-,15-6+,16-11+. The second-order valence-corrected chi connectivity index (χ2v) is 3.92. The number of unbranched alkanes of at least 4 members (excludes halogenated alkanes) is 1. The third-order valence-electron chi connectivity index (χ3n) is 2.46. The first-order chi connectivity index (χ1) is 8.28. The lowest BCUT2D eigenvalue weighted by molar-refractivity contribution is -0.104. The van der Waals surface area contributed by atoms with Crippen molar-refractivity contribution in [2.75, 3.05) is 0 Å². The van der Waals surface area contributed by atoms with E-state index in [1.54, 1.807) is 0 Å². The molecule has 0 bridgehead atoms. The first-order valence-corrected chi connectivity index (χ1v) is 6.38. The van der Waals surface area contributed by atoms with Gasteiger partial charge in [0, 0.05) is 5.57 Å². The molecule has 17 heavy (non-hydrogen) atoms. The third kappa shape index (κ3) is 8.44. The molecule has 0 saturated carbocycles. The van der Waals surface area contributed by atoms with Crippen LogP contribution in [-0.2, 0) is 4.79 Å². The SMILES string of the molecule is C/C=C\C(=C/CCC)CC/C=C\C(C=O)=C/C. The average Bonchev–Trinajstić information content (AvgIpc) is 2.36. The number of allylic oxidation sites excluding steroid dienone is 8. The Balaban J connectivity index is 4.19. The summed E-state index contributed by atoms with van der Waals surface area (Å²) in [5.74, 6) is 0. The minimum Gasteiger partial charge on any atom is -0.298 e. The van der Waals surface area contributed by atoms with E-state index in [1.807, 2.05) is 26.0 Å². The molecule has 0 aromatic carbocycles. The molecule has 0 aromatic heterocycles. The van der Waals surface area contributed by atoms with Crippen LogP contribution >= 0.6 is 0 Å². The Bertz CT molecular complexity index is 316. The van der Waals surface area contributed by atoms with E-state index in [4.69, 9.17) is 0 Å². The first kappa shape index (κ1) is 15.6. The van der Waals surface area contributed by atoms with Crippen LogP contribution in [-0.4, -0.2) is 6.29 Å². The summed E-state index contributed by atoms with van der Waals surface area (Å²) in [6.07, 6.45) is 17.5. The summed E-state index contributed by atoms with van der Waals surface area (Å²) < 4.78 is 0. The molecule has 1 heteroatoms. The summed E-state index contributed by atoms with van der Waals surface area (Å²) in [6, 6.07) is 0. The van der Waals surface area contributed by atoms with Crippen molar-refractivity contribution < 1.29 is 4.79 Å². The van der Waals surface area contributed by atoms with Crippen LogP contribution in [0.3, 0.4) is 0 Å². The maximum atomic E-state index is 10.6. The summed E-state index contributed by atoms with van der Waals surface area (Å²) in [5.41, 5.74) is 2.13. The van der Waals surface area contributed by atoms with Crippen molar-refractivity contribution in [3.05, 3.63) is 47.6 Å². The second kappa shape index (κ2) is 11.1. The van der Waals surface area contributed by atoms with Crippen LogP contribution in [0.5, 0.6) is 0 Å². The zero-order valence-electron chi connectivity index (χ0n) is 11.3. The van der Waals surface area contributed by atoms with E-state index < -0.39 is 0 Å². The molecule has 0 spiro atoms. The van der Waals surface area contributed by atoms with Crippen LogP contribution < -0.4 is 0 Å². The summed E-state index contributed by atoms with van der Waals surface area (Å²) in [7, 11) is 0. The van der Waals surface area contributed by atoms with Crippen LogP contribution in [0.1, 0.15) is 46.5 Å². The first-order valence-electron chi connectivity index (χ1n) is 6.38. The fourth-order valence-corrected chi connectivity index (χ4v) is 1.47. The predicted molar refractivity (Wildman–Crippen MR) is 76.0 cm³/mol. The number of hydrogen-bond acceptors (Lipinski definition) is 1. The Labute approximate surface area is 106 Å². The average molecular weight is 232 g/mol. The number of rotatable bonds is 8. The molecule has 0 fully saturated rings. The molecule has 0 aliphatic carbocycles. The van der Waals surface area contributed by atoms with E-state index in [1.165, 1.54) is 12.0 Å². The monoisotopic (exact) mass is 232 g/mol. The van der Waals surface area contributed by atoms with E-state index >= 15 is 0 Å². The largest absolute Gasteiger partial charge is 0.298 e. The minimum atomic E-state index is 0.745. The maximum absolute atomic E-state index is 10.6. The molecule has 0 aromatic rings. The van der Waals surface area contributed by atoms with Crippen LogP contribution in [0.15, 0.2) is 47.6 Å². The van der Waals surface area contributed by atoms with Crippen molar-refractivity contribution in [1.29, 1.82) is 0 Å². The van der Waals surface area contributed by atoms with Gasteiger partial charge in [-0.05, 0) is 33.1 Å². The molecule has 0 aliphatic heterocycles. The molecule has 0 rings (SSSR count). The van der Waals surface area contributed by atoms with E-state index in [0.29, 0.717) is 0 Å². The molecule has 0 aliphatic rings. The van der Waals surface area contributed by atoms with Crippen molar-refractivity contribution in [2.24, 2.45) is 0 Å². The highest BCUT2D eigenvalue weighted by Gasteiger charge is 1.91. The molecule has 94 valence electrons. The number of carbonyl (C=O) groups excluding carboxylic acids is 1. The molecule has 0 N–H and O–H groups in total. The quantitative estimate of drug-likeness (QED) is 0.334. The smallest absolute Gasteiger partial charge is 0.149 e. The van der Waals surface area contributed by atoms with Crippen LogP contribution in [0, 0.1) is 0 Å². The van der Waals surface area contributed by atoms with Crippen LogP contribution in [0.25, 0.3) is 0 Å². The van der Waals surface area contributed by atoms with E-state index in [0.717, 1.165) is 31.1 Å². The Morgan fingerprint density at radius 1 is 1.12 bits per heavy atom. The van der Waals surface area contributed by atoms with E-state index in [9.17, 15) is 4.79 Å². The third-order valence-corrected chi connectivity index (χ3v) is 2.46. The second-order valence-electron chi connectivity index (χ2n) is 3.92. The number of hydrogen-bond donors (Lipinski definition) is 0. The van der Waals surface area contributed by atoms with Gasteiger partial charge < -0.3 is 0 Å². The topological polar surface area (TPSA) is 17.1 Å². The normalized spacial score (nSPS) is 13.8. The summed E-state index contributed by atoms with van der Waals surface area (Å²) in [4.78, 5) is 10.6. The molecule has 1 nitrogen and oxygen atoms in total. The van der Waals surface area contributed by atoms with Gasteiger partial charge in [-0.25, -0.2) is 0 Å². The van der Waals surface area contributed by atoms with Crippen molar-refractivity contribution in [3.63, 3.8) is 0 Å². The predicted octanol–water partition coefficient (Wildman–Crippen LogP) is 4.77. The maximum Gasteiger partial charge on any atom is 0.149 e. The van der Waals surface area contributed by atoms with Crippen LogP contribution in [0.4, 0.5) is 0 Å². The summed E-state index contributed by atoms with van der Waals surface area (Å²) in [6.45, 7) is 6.10. The molecule has 0 heterocycles. The molecule has 0 atom stereocenters. The van der Waals surface area contributed by atoms with Crippen molar-refractivity contribution in [3.8, 4) is 0 Å². The highest BCUT2D eigenvalue weighted by atomic mass is 16.1. The van der Waals surface area contributed by atoms with Gasteiger partial charge in [-0.15, -0.1) is 0 Å². The van der Waals surface area contributed by atoms with E-state index in [2.05, 4.69) is 31.2 Å². The molecular formula is C16H24O. The van der Waals surface area contributed by atoms with Gasteiger partial charge in [0.2, 0.25) is 0 Å². The van der Waals surface area contributed by atoms with Gasteiger partial charge in [-0.1, -0.05) is 55.4 Å². The fourth-order valence-electron chi connectivity index (χ4n) is 1.47. The van der Waals surface area contributed by atoms with Crippen LogP contribution in [0.2, 0.25) is 0 Å². The van der Waals surface area contributed by atoms with Crippen molar-refractivity contribution in [1.82, 2.24) is 0 Å². The van der Waals surface area contributed by atoms with Crippen molar-refractivity contribution in [2.45, 2.75) is 46.5 Å². The highest BCUT2D eigenvalue weighted by molar-refractivity contribution is 5.77. The van der Waals surface area contributed by atoms with Gasteiger partial charge in [0.15, 0.2) is 0 Å². The Morgan fingerprint density at radius 3 is 2.41 bits per heavy atom. The van der Waals surface area contributed by atoms with E-state index in [-0.39, 0.29) is 0 Å². The van der Waals surface area contributed by atoms with Crippen molar-refractivity contribution >= 4 is 6.29 Å². The van der Waals surface area contributed by atoms with Gasteiger partial charge in [-0.2, -0.15) is 0 Å². The van der Waals surface area contributed by atoms with Gasteiger partial charge in [0.1, 0.15) is 6.29 Å². The molecular weight excluding hydrogens is 208 g/mol. The Morgan fingerprint density at radius 2 is 1.88 bits per heavy atom. The van der Waals surface area contributed by atoms with Gasteiger partial charge in [0.05, 0.1) is 0 Å². The van der Waals surface area contributed by atoms with Gasteiger partial charge >= 0.3 is 0 Å². The molecule has 0 radical (unpaired) electrons. The zero-order chi connectivity index (χ0) is 12.9.